The molecule has 0 aliphatic rings. The highest BCUT2D eigenvalue weighted by atomic mass is 35.5. The van der Waals surface area contributed by atoms with Crippen LogP contribution in [0.5, 0.6) is 0 Å². The summed E-state index contributed by atoms with van der Waals surface area (Å²) in [6.45, 7) is 1.51. The first-order valence-corrected chi connectivity index (χ1v) is 7.85. The van der Waals surface area contributed by atoms with Crippen molar-refractivity contribution in [2.75, 3.05) is 11.5 Å². The van der Waals surface area contributed by atoms with E-state index >= 15 is 0 Å². The molecule has 1 aromatic carbocycles. The molecule has 0 saturated heterocycles. The highest BCUT2D eigenvalue weighted by Crippen LogP contribution is 2.20. The van der Waals surface area contributed by atoms with Crippen LogP contribution in [0.25, 0.3) is 0 Å². The molecular formula is C12H13ClF2O3S. The Morgan fingerprint density at radius 2 is 1.89 bits per heavy atom. The molecule has 0 amide bonds. The van der Waals surface area contributed by atoms with Crippen molar-refractivity contribution in [1.82, 2.24) is 0 Å². The molecular weight excluding hydrogens is 298 g/mol. The van der Waals surface area contributed by atoms with Gasteiger partial charge in [-0.25, -0.2) is 17.2 Å². The molecule has 3 nitrogen and oxygen atoms in total. The number of hydrogen-bond acceptors (Lipinski definition) is 3. The van der Waals surface area contributed by atoms with Crippen molar-refractivity contribution in [2.45, 2.75) is 19.8 Å². The van der Waals surface area contributed by atoms with E-state index in [0.29, 0.717) is 0 Å². The highest BCUT2D eigenvalue weighted by Gasteiger charge is 2.16. The van der Waals surface area contributed by atoms with E-state index in [1.54, 1.807) is 0 Å². The van der Waals surface area contributed by atoms with E-state index in [4.69, 9.17) is 11.6 Å². The number of carbonyl (C=O) groups is 1. The van der Waals surface area contributed by atoms with Gasteiger partial charge in [0.2, 0.25) is 0 Å². The molecule has 0 bridgehead atoms. The van der Waals surface area contributed by atoms with Gasteiger partial charge in [-0.15, -0.1) is 0 Å². The minimum atomic E-state index is -3.16. The monoisotopic (exact) mass is 310 g/mol. The number of Topliss-reactive ketones (excluding diaryl/α,β-unsaturated/α-hetero) is 1. The van der Waals surface area contributed by atoms with Crippen LogP contribution in [0, 0.1) is 11.6 Å². The van der Waals surface area contributed by atoms with E-state index in [-0.39, 0.29) is 24.3 Å². The van der Waals surface area contributed by atoms with Crippen molar-refractivity contribution >= 4 is 27.2 Å². The molecule has 1 rings (SSSR count). The molecule has 0 aromatic heterocycles. The first-order chi connectivity index (χ1) is 8.76. The molecule has 0 saturated carbocycles. The van der Waals surface area contributed by atoms with E-state index in [1.807, 2.05) is 0 Å². The predicted molar refractivity (Wildman–Crippen MR) is 69.3 cm³/mol. The van der Waals surface area contributed by atoms with Crippen molar-refractivity contribution in [2.24, 2.45) is 0 Å². The highest BCUT2D eigenvalue weighted by molar-refractivity contribution is 7.91. The number of rotatable bonds is 6. The van der Waals surface area contributed by atoms with Gasteiger partial charge in [-0.1, -0.05) is 18.5 Å². The summed E-state index contributed by atoms with van der Waals surface area (Å²) in [5.74, 6) is -2.58. The molecule has 19 heavy (non-hydrogen) atoms. The molecule has 0 atom stereocenters. The van der Waals surface area contributed by atoms with Crippen LogP contribution in [0.15, 0.2) is 12.1 Å². The number of carbonyl (C=O) groups excluding carboxylic acids is 1. The molecule has 106 valence electrons. The summed E-state index contributed by atoms with van der Waals surface area (Å²) in [7, 11) is -3.16. The van der Waals surface area contributed by atoms with Gasteiger partial charge in [0.05, 0.1) is 16.3 Å². The van der Waals surface area contributed by atoms with Crippen LogP contribution in [0.2, 0.25) is 5.02 Å². The van der Waals surface area contributed by atoms with Crippen LogP contribution in [0.4, 0.5) is 8.78 Å². The van der Waals surface area contributed by atoms with Crippen LogP contribution >= 0.6 is 11.6 Å². The van der Waals surface area contributed by atoms with Gasteiger partial charge in [0, 0.05) is 12.2 Å². The Hall–Kier alpha value is -1.01. The number of ketones is 1. The smallest absolute Gasteiger partial charge is 0.165 e. The van der Waals surface area contributed by atoms with E-state index in [0.717, 1.165) is 12.1 Å². The minimum absolute atomic E-state index is 0.00880. The van der Waals surface area contributed by atoms with Crippen molar-refractivity contribution < 1.29 is 22.0 Å². The normalized spacial score (nSPS) is 11.6. The molecule has 0 N–H and O–H groups in total. The summed E-state index contributed by atoms with van der Waals surface area (Å²) in [5.41, 5.74) is -0.407. The lowest BCUT2D eigenvalue weighted by Crippen LogP contribution is -2.11. The second kappa shape index (κ2) is 6.43. The lowest BCUT2D eigenvalue weighted by molar-refractivity contribution is 0.0977. The summed E-state index contributed by atoms with van der Waals surface area (Å²) in [6, 6.07) is 1.46. The summed E-state index contributed by atoms with van der Waals surface area (Å²) >= 11 is 5.37. The third kappa shape index (κ3) is 4.54. The maximum atomic E-state index is 13.4. The predicted octanol–water partition coefficient (Wildman–Crippen LogP) is 3.02. The topological polar surface area (TPSA) is 51.2 Å². The van der Waals surface area contributed by atoms with Crippen molar-refractivity contribution in [3.8, 4) is 0 Å². The van der Waals surface area contributed by atoms with Gasteiger partial charge in [-0.2, -0.15) is 0 Å². The number of halogens is 3. The standard InChI is InChI=1S/C12H13ClF2O3S/c1-2-19(17,18)5-3-4-12(16)8-6-11(15)9(13)7-10(8)14/h6-7H,2-5H2,1H3. The van der Waals surface area contributed by atoms with Gasteiger partial charge >= 0.3 is 0 Å². The van der Waals surface area contributed by atoms with E-state index in [9.17, 15) is 22.0 Å². The van der Waals surface area contributed by atoms with Crippen molar-refractivity contribution in [3.63, 3.8) is 0 Å². The Morgan fingerprint density at radius 3 is 2.47 bits per heavy atom. The van der Waals surface area contributed by atoms with Gasteiger partial charge in [-0.05, 0) is 18.6 Å². The van der Waals surface area contributed by atoms with Gasteiger partial charge in [0.25, 0.3) is 0 Å². The second-order valence-electron chi connectivity index (χ2n) is 4.01. The molecule has 1 aromatic rings. The van der Waals surface area contributed by atoms with E-state index in [2.05, 4.69) is 0 Å². The molecule has 0 aliphatic heterocycles. The fourth-order valence-corrected chi connectivity index (χ4v) is 2.49. The molecule has 0 unspecified atom stereocenters. The zero-order chi connectivity index (χ0) is 14.6. The maximum absolute atomic E-state index is 13.4. The zero-order valence-electron chi connectivity index (χ0n) is 10.3. The maximum Gasteiger partial charge on any atom is 0.165 e. The molecule has 0 aliphatic carbocycles. The molecule has 0 spiro atoms. The van der Waals surface area contributed by atoms with Crippen LogP contribution in [0.3, 0.4) is 0 Å². The average molecular weight is 311 g/mol. The van der Waals surface area contributed by atoms with Crippen molar-refractivity contribution in [3.05, 3.63) is 34.4 Å². The summed E-state index contributed by atoms with van der Waals surface area (Å²) < 4.78 is 49.0. The Balaban J connectivity index is 2.72. The first kappa shape index (κ1) is 16.0. The Bertz CT molecular complexity index is 585. The summed E-state index contributed by atoms with van der Waals surface area (Å²) in [4.78, 5) is 11.7. The second-order valence-corrected chi connectivity index (χ2v) is 6.89. The van der Waals surface area contributed by atoms with Crippen LogP contribution < -0.4 is 0 Å². The van der Waals surface area contributed by atoms with Crippen LogP contribution in [-0.4, -0.2) is 25.7 Å². The SMILES string of the molecule is CCS(=O)(=O)CCCC(=O)c1cc(F)c(Cl)cc1F. The van der Waals surface area contributed by atoms with E-state index in [1.165, 1.54) is 6.92 Å². The summed E-state index contributed by atoms with van der Waals surface area (Å²) in [6.07, 6.45) is -0.0735. The van der Waals surface area contributed by atoms with Crippen LogP contribution in [-0.2, 0) is 9.84 Å². The van der Waals surface area contributed by atoms with Crippen LogP contribution in [0.1, 0.15) is 30.1 Å². The van der Waals surface area contributed by atoms with Crippen molar-refractivity contribution in [1.29, 1.82) is 0 Å². The Kier molecular flexibility index (Phi) is 5.43. The molecule has 7 heteroatoms. The average Bonchev–Trinajstić information content (AvgIpc) is 2.33. The third-order valence-electron chi connectivity index (χ3n) is 2.61. The van der Waals surface area contributed by atoms with Gasteiger partial charge in [-0.3, -0.25) is 4.79 Å². The van der Waals surface area contributed by atoms with Gasteiger partial charge in [0.15, 0.2) is 5.78 Å². The number of hydrogen-bond donors (Lipinski definition) is 0. The fourth-order valence-electron chi connectivity index (χ4n) is 1.47. The van der Waals surface area contributed by atoms with Gasteiger partial charge in [0.1, 0.15) is 21.5 Å². The van der Waals surface area contributed by atoms with Gasteiger partial charge < -0.3 is 0 Å². The number of benzene rings is 1. The lowest BCUT2D eigenvalue weighted by atomic mass is 10.1. The third-order valence-corrected chi connectivity index (χ3v) is 4.69. The minimum Gasteiger partial charge on any atom is -0.294 e. The quantitative estimate of drug-likeness (QED) is 0.599. The molecule has 0 fully saturated rings. The Labute approximate surface area is 115 Å². The first-order valence-electron chi connectivity index (χ1n) is 5.65. The summed E-state index contributed by atoms with van der Waals surface area (Å²) in [5, 5.41) is -0.400. The molecule has 0 radical (unpaired) electrons. The molecule has 0 heterocycles. The largest absolute Gasteiger partial charge is 0.294 e. The number of sulfone groups is 1. The van der Waals surface area contributed by atoms with E-state index < -0.39 is 37.8 Å². The zero-order valence-corrected chi connectivity index (χ0v) is 11.8. The fraction of sp³-hybridized carbons (Fsp3) is 0.417. The lowest BCUT2D eigenvalue weighted by Gasteiger charge is -2.04. The Morgan fingerprint density at radius 1 is 1.26 bits per heavy atom.